The Morgan fingerprint density at radius 1 is 1.18 bits per heavy atom. The molecule has 11 heteroatoms. The van der Waals surface area contributed by atoms with E-state index in [9.17, 15) is 19.5 Å². The number of primary amides is 1. The summed E-state index contributed by atoms with van der Waals surface area (Å²) in [7, 11) is 4.40. The van der Waals surface area contributed by atoms with E-state index in [1.54, 1.807) is 7.11 Å². The minimum absolute atomic E-state index is 0.00943. The summed E-state index contributed by atoms with van der Waals surface area (Å²) in [6.45, 7) is 9.83. The molecule has 0 fully saturated rings. The van der Waals surface area contributed by atoms with Crippen molar-refractivity contribution >= 4 is 50.3 Å². The molecule has 1 atom stereocenters. The number of carboxylic acids is 1. The number of aromatic amines is 1. The van der Waals surface area contributed by atoms with Crippen LogP contribution < -0.4 is 15.0 Å². The van der Waals surface area contributed by atoms with Gasteiger partial charge in [-0.05, 0) is 57.9 Å². The van der Waals surface area contributed by atoms with Crippen LogP contribution in [0.25, 0.3) is 17.0 Å². The summed E-state index contributed by atoms with van der Waals surface area (Å²) < 4.78 is 7.50. The number of hydrogen-bond donors (Lipinski definition) is 3. The van der Waals surface area contributed by atoms with Gasteiger partial charge in [0.25, 0.3) is 0 Å². The highest BCUT2D eigenvalue weighted by Crippen LogP contribution is 2.47. The number of H-pyrrole nitrogens is 1. The highest BCUT2D eigenvalue weighted by Gasteiger charge is 2.50. The van der Waals surface area contributed by atoms with Crippen molar-refractivity contribution in [3.05, 3.63) is 46.8 Å². The summed E-state index contributed by atoms with van der Waals surface area (Å²) in [6.07, 6.45) is 1.72. The molecule has 3 aromatic rings. The van der Waals surface area contributed by atoms with Gasteiger partial charge in [0.15, 0.2) is 11.3 Å². The summed E-state index contributed by atoms with van der Waals surface area (Å²) in [5, 5.41) is 8.77. The summed E-state index contributed by atoms with van der Waals surface area (Å²) in [4.78, 5) is 44.0. The topological polar surface area (TPSA) is 139 Å². The van der Waals surface area contributed by atoms with Crippen molar-refractivity contribution in [3.63, 3.8) is 0 Å². The number of nitrogens with two attached hydrogens (primary N) is 1. The number of carbonyl (C=O) groups is 3. The zero-order chi connectivity index (χ0) is 28.0. The number of methoxy groups -OCH3 is 1. The molecule has 4 rings (SSSR count). The third kappa shape index (κ3) is 5.01. The second-order valence-electron chi connectivity index (χ2n) is 10.6. The van der Waals surface area contributed by atoms with Gasteiger partial charge in [-0.15, -0.1) is 0 Å². The zero-order valence-electron chi connectivity index (χ0n) is 22.4. The lowest BCUT2D eigenvalue weighted by Crippen LogP contribution is -2.37. The fourth-order valence-corrected chi connectivity index (χ4v) is 7.94. The maximum Gasteiger partial charge on any atom is 0.402 e. The van der Waals surface area contributed by atoms with Crippen molar-refractivity contribution in [3.8, 4) is 11.7 Å². The van der Waals surface area contributed by atoms with Crippen LogP contribution in [0.3, 0.4) is 0 Å². The van der Waals surface area contributed by atoms with Gasteiger partial charge in [0.2, 0.25) is 5.91 Å². The number of aromatic nitrogens is 3. The Morgan fingerprint density at radius 3 is 2.45 bits per heavy atom. The first-order valence-electron chi connectivity index (χ1n) is 12.2. The smallest absolute Gasteiger partial charge is 0.402 e. The van der Waals surface area contributed by atoms with Gasteiger partial charge in [0, 0.05) is 34.1 Å². The number of ether oxygens (including phenoxy) is 1. The minimum Gasteiger partial charge on any atom is -0.496 e. The summed E-state index contributed by atoms with van der Waals surface area (Å²) in [5.74, 6) is 0.542. The van der Waals surface area contributed by atoms with Crippen LogP contribution in [0, 0.1) is 6.92 Å². The Kier molecular flexibility index (Phi) is 7.55. The number of Topliss-reactive ketones (excluding diaryl/α,β-unsaturated/α-hetero) is 1. The van der Waals surface area contributed by atoms with Crippen molar-refractivity contribution in [2.24, 2.45) is 5.73 Å². The predicted octanol–water partition coefficient (Wildman–Crippen LogP) is 3.89. The molecule has 1 unspecified atom stereocenters. The van der Waals surface area contributed by atoms with E-state index in [1.807, 2.05) is 63.6 Å². The van der Waals surface area contributed by atoms with Gasteiger partial charge in [0.1, 0.15) is 17.0 Å². The number of nitrogens with zero attached hydrogens (tertiary/aromatic N) is 2. The number of imidazole rings is 1. The summed E-state index contributed by atoms with van der Waals surface area (Å²) in [5.41, 5.74) is 9.61. The molecule has 1 amide bonds. The number of fused-ring (bicyclic) bond motifs is 2. The average molecular weight is 558 g/mol. The summed E-state index contributed by atoms with van der Waals surface area (Å²) >= 11 is 0. The Morgan fingerprint density at radius 2 is 1.84 bits per heavy atom. The SMILES string of the molecule is COc1cc[n+](-c2nc3cc4c(cc3[nH]2)C(C)(C)C(=O)C4(C)C)c(CSSC(CC(N)=O)CC(=O)O)c1C. The lowest BCUT2D eigenvalue weighted by molar-refractivity contribution is -0.610. The Labute approximate surface area is 229 Å². The van der Waals surface area contributed by atoms with Gasteiger partial charge < -0.3 is 15.6 Å². The maximum absolute atomic E-state index is 13.1. The predicted molar refractivity (Wildman–Crippen MR) is 149 cm³/mol. The van der Waals surface area contributed by atoms with E-state index in [2.05, 4.69) is 4.98 Å². The minimum atomic E-state index is -0.973. The van der Waals surface area contributed by atoms with Gasteiger partial charge in [0.05, 0.1) is 25.5 Å². The molecule has 1 aliphatic rings. The van der Waals surface area contributed by atoms with Gasteiger partial charge in [-0.2, -0.15) is 0 Å². The second kappa shape index (κ2) is 10.3. The molecule has 0 bridgehead atoms. The number of benzene rings is 1. The monoisotopic (exact) mass is 557 g/mol. The number of pyridine rings is 1. The molecule has 38 heavy (non-hydrogen) atoms. The Balaban J connectivity index is 1.71. The molecule has 1 aromatic carbocycles. The molecule has 0 radical (unpaired) electrons. The fourth-order valence-electron chi connectivity index (χ4n) is 5.24. The van der Waals surface area contributed by atoms with E-state index in [-0.39, 0.29) is 18.6 Å². The van der Waals surface area contributed by atoms with E-state index in [1.165, 1.54) is 21.6 Å². The van der Waals surface area contributed by atoms with Crippen LogP contribution in [0.4, 0.5) is 0 Å². The van der Waals surface area contributed by atoms with Crippen molar-refractivity contribution in [2.75, 3.05) is 7.11 Å². The molecular formula is C27H33N4O5S2+. The normalized spacial score (nSPS) is 16.4. The van der Waals surface area contributed by atoms with Gasteiger partial charge in [-0.3, -0.25) is 14.4 Å². The van der Waals surface area contributed by atoms with Gasteiger partial charge >= 0.3 is 11.9 Å². The second-order valence-corrected chi connectivity index (χ2v) is 13.3. The lowest BCUT2D eigenvalue weighted by atomic mass is 9.80. The highest BCUT2D eigenvalue weighted by atomic mass is 33.1. The Hall–Kier alpha value is -3.05. The van der Waals surface area contributed by atoms with E-state index in [4.69, 9.17) is 15.5 Å². The van der Waals surface area contributed by atoms with Crippen molar-refractivity contribution in [1.29, 1.82) is 0 Å². The number of hydrogen-bond acceptors (Lipinski definition) is 7. The van der Waals surface area contributed by atoms with Crippen molar-refractivity contribution in [2.45, 2.75) is 69.3 Å². The lowest BCUT2D eigenvalue weighted by Gasteiger charge is -2.21. The molecule has 4 N–H and O–H groups in total. The highest BCUT2D eigenvalue weighted by molar-refractivity contribution is 8.76. The summed E-state index contributed by atoms with van der Waals surface area (Å²) in [6, 6.07) is 5.92. The third-order valence-corrected chi connectivity index (χ3v) is 9.95. The van der Waals surface area contributed by atoms with Crippen LogP contribution in [0.5, 0.6) is 5.75 Å². The molecule has 0 aliphatic heterocycles. The van der Waals surface area contributed by atoms with E-state index in [0.29, 0.717) is 11.7 Å². The molecule has 202 valence electrons. The number of ketones is 1. The molecule has 0 saturated heterocycles. The standard InChI is InChI=1S/C27H32N4O5S2/c1-14-20(13-37-38-15(9-22(28)32)10-23(33)34)31(8-7-21(14)36-6)25-29-18-11-16-17(12-19(18)30-25)27(4,5)24(35)26(16,2)3/h7-8,11-12,15H,9-10,13H2,1-6H3,(H3-,28,29,30,32,33,34)/p+1. The first kappa shape index (κ1) is 28.0. The average Bonchev–Trinajstić information content (AvgIpc) is 3.30. The van der Waals surface area contributed by atoms with Crippen LogP contribution in [0.2, 0.25) is 0 Å². The zero-order valence-corrected chi connectivity index (χ0v) is 24.0. The number of nitrogens with one attached hydrogen (secondary N) is 1. The number of aliphatic carboxylic acids is 1. The molecule has 2 aromatic heterocycles. The van der Waals surface area contributed by atoms with Crippen LogP contribution in [0.1, 0.15) is 62.9 Å². The first-order chi connectivity index (χ1) is 17.8. The maximum atomic E-state index is 13.1. The number of carbonyl (C=O) groups excluding carboxylic acids is 2. The fraction of sp³-hybridized carbons (Fsp3) is 0.444. The van der Waals surface area contributed by atoms with Crippen LogP contribution in [-0.4, -0.2) is 45.1 Å². The molecule has 0 saturated carbocycles. The molecular weight excluding hydrogens is 524 g/mol. The molecule has 9 nitrogen and oxygen atoms in total. The number of carboxylic acid groups (broad SMARTS) is 1. The number of rotatable bonds is 10. The van der Waals surface area contributed by atoms with Gasteiger partial charge in [-0.1, -0.05) is 26.6 Å². The van der Waals surface area contributed by atoms with E-state index < -0.39 is 28.0 Å². The van der Waals surface area contributed by atoms with Crippen molar-refractivity contribution in [1.82, 2.24) is 9.97 Å². The first-order valence-corrected chi connectivity index (χ1v) is 14.6. The van der Waals surface area contributed by atoms with Crippen LogP contribution in [0.15, 0.2) is 24.4 Å². The number of amides is 1. The van der Waals surface area contributed by atoms with Gasteiger partial charge in [-0.25, -0.2) is 9.55 Å². The van der Waals surface area contributed by atoms with Crippen LogP contribution >= 0.6 is 21.6 Å². The van der Waals surface area contributed by atoms with E-state index in [0.717, 1.165) is 39.2 Å². The molecule has 2 heterocycles. The molecule has 0 spiro atoms. The Bertz CT molecular complexity index is 1380. The van der Waals surface area contributed by atoms with Crippen molar-refractivity contribution < 1.29 is 28.8 Å². The largest absolute Gasteiger partial charge is 0.496 e. The van der Waals surface area contributed by atoms with Crippen LogP contribution in [-0.2, 0) is 31.0 Å². The quantitative estimate of drug-likeness (QED) is 0.252. The molecule has 1 aliphatic carbocycles. The van der Waals surface area contributed by atoms with E-state index >= 15 is 0 Å². The third-order valence-electron chi connectivity index (χ3n) is 7.24.